The Balaban J connectivity index is 2.09. The van der Waals surface area contributed by atoms with E-state index >= 15 is 0 Å². The van der Waals surface area contributed by atoms with Crippen molar-refractivity contribution in [3.8, 4) is 0 Å². The molecule has 2 aliphatic rings. The summed E-state index contributed by atoms with van der Waals surface area (Å²) in [5.74, 6) is -0.839. The van der Waals surface area contributed by atoms with Crippen molar-refractivity contribution in [2.24, 2.45) is 17.8 Å². The van der Waals surface area contributed by atoms with Crippen LogP contribution in [0.25, 0.3) is 0 Å². The normalized spacial score (nSPS) is 36.3. The predicted molar refractivity (Wildman–Crippen MR) is 138 cm³/mol. The molecule has 38 heavy (non-hydrogen) atoms. The maximum atomic E-state index is 13.4. The van der Waals surface area contributed by atoms with Crippen LogP contribution in [0.5, 0.6) is 0 Å². The summed E-state index contributed by atoms with van der Waals surface area (Å²) in [5, 5.41) is 0. The van der Waals surface area contributed by atoms with Gasteiger partial charge in [0.15, 0.2) is 5.90 Å². The molecule has 2 fully saturated rings. The fraction of sp³-hybridized carbons (Fsp3) is 1.00. The van der Waals surface area contributed by atoms with Crippen molar-refractivity contribution < 1.29 is 63.5 Å². The van der Waals surface area contributed by atoms with Crippen LogP contribution < -0.4 is 0 Å². The van der Waals surface area contributed by atoms with Crippen LogP contribution in [0.15, 0.2) is 0 Å². The third-order valence-electron chi connectivity index (χ3n) is 6.73. The van der Waals surface area contributed by atoms with Gasteiger partial charge in [-0.15, -0.1) is 0 Å². The lowest BCUT2D eigenvalue weighted by Gasteiger charge is -2.27. The summed E-state index contributed by atoms with van der Waals surface area (Å²) < 4.78 is 105. The van der Waals surface area contributed by atoms with Crippen molar-refractivity contribution in [3.63, 3.8) is 0 Å². The third-order valence-corrected chi connectivity index (χ3v) is 16.0. The van der Waals surface area contributed by atoms with Gasteiger partial charge in [-0.25, -0.2) is 17.8 Å². The highest BCUT2D eigenvalue weighted by Crippen LogP contribution is 2.75. The number of hydrogen-bond acceptors (Lipinski definition) is 14. The van der Waals surface area contributed by atoms with E-state index in [0.717, 1.165) is 28.4 Å². The molecule has 0 N–H and O–H groups in total. The van der Waals surface area contributed by atoms with Crippen molar-refractivity contribution in [3.05, 3.63) is 0 Å². The van der Waals surface area contributed by atoms with E-state index in [0.29, 0.717) is 6.42 Å². The Hall–Kier alpha value is 0.585. The van der Waals surface area contributed by atoms with E-state index in [1.165, 1.54) is 0 Å². The number of phosphoric ester groups is 2. The zero-order chi connectivity index (χ0) is 28.9. The highest BCUT2D eigenvalue weighted by molar-refractivity contribution is 7.77. The maximum Gasteiger partial charge on any atom is 0.481 e. The first-order valence-electron chi connectivity index (χ1n) is 12.0. The number of phosphoric acid groups is 2. The highest BCUT2D eigenvalue weighted by atomic mass is 31.3. The summed E-state index contributed by atoms with van der Waals surface area (Å²) in [6, 6.07) is -0.509. The Bertz CT molecular complexity index is 968. The second kappa shape index (κ2) is 14.2. The van der Waals surface area contributed by atoms with E-state index < -0.39 is 55.0 Å². The van der Waals surface area contributed by atoms with Crippen LogP contribution in [-0.4, -0.2) is 79.7 Å². The van der Waals surface area contributed by atoms with Gasteiger partial charge in [-0.1, -0.05) is 20.8 Å². The molecule has 2 rings (SSSR count). The molecular weight excluding hydrogens is 587 g/mol. The summed E-state index contributed by atoms with van der Waals surface area (Å²) >= 11 is 0. The molecule has 0 amide bonds. The fourth-order valence-corrected chi connectivity index (χ4v) is 12.6. The van der Waals surface area contributed by atoms with Crippen LogP contribution >= 0.6 is 30.8 Å². The number of hydrogen-bond donors (Lipinski definition) is 0. The van der Waals surface area contributed by atoms with Crippen molar-refractivity contribution in [2.45, 2.75) is 58.4 Å². The van der Waals surface area contributed by atoms with Gasteiger partial charge in [0.1, 0.15) is 7.85 Å². The highest BCUT2D eigenvalue weighted by Gasteiger charge is 2.49. The Morgan fingerprint density at radius 2 is 1.18 bits per heavy atom. The molecule has 0 spiro atoms. The summed E-state index contributed by atoms with van der Waals surface area (Å²) in [4.78, 5) is 0. The van der Waals surface area contributed by atoms with Crippen LogP contribution in [0.3, 0.4) is 0 Å². The lowest BCUT2D eigenvalue weighted by atomic mass is 9.91. The smallest absolute Gasteiger partial charge is 0.382 e. The van der Waals surface area contributed by atoms with Crippen LogP contribution in [0.2, 0.25) is 0 Å². The fourth-order valence-electron chi connectivity index (χ4n) is 3.92. The Labute approximate surface area is 226 Å². The molecule has 2 saturated heterocycles. The zero-order valence-corrected chi connectivity index (χ0v) is 26.5. The standard InChI is InChI=1S/C19H39BO14P4/c1-13-9-19(20)32-17(13)10-29-37(23,27-7)33-35(21,25-5)12-36(22,26-6)34-38(24,28-8)30-11-18-15(3)14(2)16(4)31-18/h13-19H,9-12H2,1-8H3. The van der Waals surface area contributed by atoms with Gasteiger partial charge in [0, 0.05) is 34.4 Å². The summed E-state index contributed by atoms with van der Waals surface area (Å²) in [6.45, 7) is 7.30. The average molecular weight is 626 g/mol. The van der Waals surface area contributed by atoms with Gasteiger partial charge >= 0.3 is 30.8 Å². The molecule has 0 aromatic carbocycles. The predicted octanol–water partition coefficient (Wildman–Crippen LogP) is 5.18. The topological polar surface area (TPSA) is 161 Å². The van der Waals surface area contributed by atoms with Crippen molar-refractivity contribution >= 4 is 38.7 Å². The van der Waals surface area contributed by atoms with Crippen molar-refractivity contribution in [2.75, 3.05) is 47.6 Å². The summed E-state index contributed by atoms with van der Waals surface area (Å²) in [6.07, 6.45) is -0.430. The first kappa shape index (κ1) is 34.8. The van der Waals surface area contributed by atoms with Gasteiger partial charge in [-0.2, -0.15) is 0 Å². The molecule has 14 nitrogen and oxygen atoms in total. The second-order valence-electron chi connectivity index (χ2n) is 9.27. The number of ether oxygens (including phenoxy) is 2. The quantitative estimate of drug-likeness (QED) is 0.163. The molecule has 11 atom stereocenters. The molecule has 0 bridgehead atoms. The molecule has 2 heterocycles. The lowest BCUT2D eigenvalue weighted by Crippen LogP contribution is -2.22. The monoisotopic (exact) mass is 626 g/mol. The van der Waals surface area contributed by atoms with Crippen LogP contribution in [0.4, 0.5) is 0 Å². The van der Waals surface area contributed by atoms with Gasteiger partial charge < -0.3 is 18.5 Å². The third kappa shape index (κ3) is 9.30. The van der Waals surface area contributed by atoms with E-state index in [2.05, 4.69) is 0 Å². The molecular formula is C19H39BO14P4. The van der Waals surface area contributed by atoms with Gasteiger partial charge in [-0.05, 0) is 31.1 Å². The van der Waals surface area contributed by atoms with Crippen LogP contribution in [0, 0.1) is 17.8 Å². The molecule has 2 aliphatic heterocycles. The van der Waals surface area contributed by atoms with Gasteiger partial charge in [0.05, 0.1) is 31.5 Å². The minimum absolute atomic E-state index is 0.0149. The second-order valence-corrected chi connectivity index (χ2v) is 17.9. The van der Waals surface area contributed by atoms with E-state index in [1.807, 2.05) is 27.7 Å². The van der Waals surface area contributed by atoms with E-state index in [4.69, 9.17) is 53.1 Å². The van der Waals surface area contributed by atoms with Crippen LogP contribution in [-0.2, 0) is 63.5 Å². The molecule has 2 radical (unpaired) electrons. The molecule has 222 valence electrons. The molecule has 0 aromatic heterocycles. The number of rotatable bonds is 16. The van der Waals surface area contributed by atoms with E-state index in [9.17, 15) is 18.3 Å². The minimum atomic E-state index is -4.58. The summed E-state index contributed by atoms with van der Waals surface area (Å²) in [7, 11) is -8.51. The first-order valence-corrected chi connectivity index (χ1v) is 18.3. The van der Waals surface area contributed by atoms with Crippen molar-refractivity contribution in [1.82, 2.24) is 0 Å². The van der Waals surface area contributed by atoms with Gasteiger partial charge in [-0.3, -0.25) is 27.2 Å². The molecule has 19 heteroatoms. The Morgan fingerprint density at radius 1 is 0.711 bits per heavy atom. The Kier molecular flexibility index (Phi) is 13.0. The average Bonchev–Trinajstić information content (AvgIpc) is 3.32. The van der Waals surface area contributed by atoms with Crippen molar-refractivity contribution in [1.29, 1.82) is 0 Å². The van der Waals surface area contributed by atoms with Crippen LogP contribution in [0.1, 0.15) is 34.1 Å². The Morgan fingerprint density at radius 3 is 1.53 bits per heavy atom. The maximum absolute atomic E-state index is 13.4. The van der Waals surface area contributed by atoms with E-state index in [1.54, 1.807) is 0 Å². The molecule has 0 aromatic rings. The molecule has 0 aliphatic carbocycles. The first-order chi connectivity index (χ1) is 17.6. The lowest BCUT2D eigenvalue weighted by molar-refractivity contribution is 0.00487. The van der Waals surface area contributed by atoms with E-state index in [-0.39, 0.29) is 37.1 Å². The largest absolute Gasteiger partial charge is 0.481 e. The molecule has 11 unspecified atom stereocenters. The van der Waals surface area contributed by atoms with Gasteiger partial charge in [0.2, 0.25) is 0 Å². The van der Waals surface area contributed by atoms with Gasteiger partial charge in [0.25, 0.3) is 0 Å². The summed E-state index contributed by atoms with van der Waals surface area (Å²) in [5.41, 5.74) is 0. The molecule has 0 saturated carbocycles. The minimum Gasteiger partial charge on any atom is -0.382 e. The SMILES string of the molecule is [B]C1CC(C)C(COP(=O)(OC)OP(=O)(CP(=O)(OC)OP(=O)(OC)OCC2OC(C)C(C)C2C)OC)O1. The zero-order valence-electron chi connectivity index (χ0n) is 23.0.